The van der Waals surface area contributed by atoms with E-state index in [1.54, 1.807) is 0 Å². The highest BCUT2D eigenvalue weighted by molar-refractivity contribution is 9.10. The monoisotopic (exact) mass is 440 g/mol. The van der Waals surface area contributed by atoms with E-state index in [0.29, 0.717) is 0 Å². The first-order chi connectivity index (χ1) is 14.1. The number of aryl methyl sites for hydroxylation is 4. The third kappa shape index (κ3) is 2.96. The molecule has 0 bridgehead atoms. The molecule has 2 radical (unpaired) electrons. The minimum Gasteiger partial charge on any atom is -0.291 e. The fraction of sp³-hybridized carbons (Fsp3) is 0.240. The van der Waals surface area contributed by atoms with Gasteiger partial charge in [-0.05, 0) is 89.8 Å². The van der Waals surface area contributed by atoms with Crippen LogP contribution in [0.1, 0.15) is 35.1 Å². The minimum absolute atomic E-state index is 0.731. The van der Waals surface area contributed by atoms with Crippen molar-refractivity contribution in [2.24, 2.45) is 0 Å². The van der Waals surface area contributed by atoms with Crippen LogP contribution >= 0.6 is 15.9 Å². The van der Waals surface area contributed by atoms with Gasteiger partial charge in [-0.3, -0.25) is 4.57 Å². The SMILES string of the molecule is [B]c1cccc(-n2c(-c3c(C)cccc3C)nc3c4c(ccc32)CCCC4)c1Br. The summed E-state index contributed by atoms with van der Waals surface area (Å²) < 4.78 is 3.18. The molecule has 0 aliphatic heterocycles. The van der Waals surface area contributed by atoms with Gasteiger partial charge < -0.3 is 0 Å². The van der Waals surface area contributed by atoms with Crippen LogP contribution < -0.4 is 5.46 Å². The average molecular weight is 441 g/mol. The van der Waals surface area contributed by atoms with E-state index in [1.165, 1.54) is 40.7 Å². The molecule has 0 fully saturated rings. The topological polar surface area (TPSA) is 17.8 Å². The number of nitrogens with zero attached hydrogens (tertiary/aromatic N) is 2. The number of rotatable bonds is 2. The van der Waals surface area contributed by atoms with Gasteiger partial charge in [-0.15, -0.1) is 0 Å². The predicted octanol–water partition coefficient (Wildman–Crippen LogP) is 5.74. The molecule has 0 saturated heterocycles. The van der Waals surface area contributed by atoms with Crippen molar-refractivity contribution in [1.29, 1.82) is 0 Å². The van der Waals surface area contributed by atoms with E-state index >= 15 is 0 Å². The van der Waals surface area contributed by atoms with Crippen LogP contribution in [0.25, 0.3) is 28.1 Å². The van der Waals surface area contributed by atoms with Crippen molar-refractivity contribution >= 4 is 40.3 Å². The van der Waals surface area contributed by atoms with Gasteiger partial charge in [-0.2, -0.15) is 0 Å². The molecule has 142 valence electrons. The number of imidazole rings is 1. The Balaban J connectivity index is 1.92. The van der Waals surface area contributed by atoms with E-state index in [9.17, 15) is 0 Å². The molecular weight excluding hydrogens is 419 g/mol. The van der Waals surface area contributed by atoms with Crippen molar-refractivity contribution in [2.75, 3.05) is 0 Å². The smallest absolute Gasteiger partial charge is 0.146 e. The second-order valence-electron chi connectivity index (χ2n) is 8.00. The summed E-state index contributed by atoms with van der Waals surface area (Å²) >= 11 is 3.73. The van der Waals surface area contributed by atoms with Gasteiger partial charge in [0.05, 0.1) is 16.7 Å². The quantitative estimate of drug-likeness (QED) is 0.363. The van der Waals surface area contributed by atoms with Crippen LogP contribution in [0.5, 0.6) is 0 Å². The summed E-state index contributed by atoms with van der Waals surface area (Å²) in [5.74, 6) is 0.987. The largest absolute Gasteiger partial charge is 0.291 e. The Morgan fingerprint density at radius 1 is 0.931 bits per heavy atom. The number of benzene rings is 3. The summed E-state index contributed by atoms with van der Waals surface area (Å²) in [6.07, 6.45) is 4.76. The van der Waals surface area contributed by atoms with Gasteiger partial charge in [0, 0.05) is 10.0 Å². The highest BCUT2D eigenvalue weighted by Gasteiger charge is 2.23. The third-order valence-corrected chi connectivity index (χ3v) is 6.97. The standard InChI is InChI=1S/C25H22BBrN2/c1-15-7-5-8-16(2)22(15)25-28-24-18-10-4-3-9-17(18)13-14-21(24)29(25)20-12-6-11-19(26)23(20)27/h5-8,11-14H,3-4,9-10H2,1-2H3. The van der Waals surface area contributed by atoms with Gasteiger partial charge in [-0.25, -0.2) is 4.98 Å². The highest BCUT2D eigenvalue weighted by Crippen LogP contribution is 2.37. The zero-order valence-electron chi connectivity index (χ0n) is 16.8. The first-order valence-corrected chi connectivity index (χ1v) is 11.0. The molecule has 5 rings (SSSR count). The Labute approximate surface area is 181 Å². The van der Waals surface area contributed by atoms with Gasteiger partial charge in [0.2, 0.25) is 0 Å². The predicted molar refractivity (Wildman–Crippen MR) is 126 cm³/mol. The van der Waals surface area contributed by atoms with E-state index in [-0.39, 0.29) is 0 Å². The Kier molecular flexibility index (Phi) is 4.62. The molecule has 0 unspecified atom stereocenters. The van der Waals surface area contributed by atoms with Crippen molar-refractivity contribution in [3.05, 3.63) is 75.3 Å². The van der Waals surface area contributed by atoms with Crippen LogP contribution in [0.2, 0.25) is 0 Å². The zero-order chi connectivity index (χ0) is 20.1. The molecule has 0 saturated carbocycles. The Hall–Kier alpha value is -2.33. The van der Waals surface area contributed by atoms with Crippen LogP contribution in [-0.2, 0) is 12.8 Å². The maximum Gasteiger partial charge on any atom is 0.146 e. The summed E-state index contributed by atoms with van der Waals surface area (Å²) in [5, 5.41) is 0. The Morgan fingerprint density at radius 2 is 1.66 bits per heavy atom. The molecule has 4 aromatic rings. The first kappa shape index (κ1) is 18.7. The van der Waals surface area contributed by atoms with Gasteiger partial charge in [0.25, 0.3) is 0 Å². The summed E-state index contributed by atoms with van der Waals surface area (Å²) in [6.45, 7) is 4.33. The molecule has 0 atom stereocenters. The summed E-state index contributed by atoms with van der Waals surface area (Å²) in [6, 6.07) is 17.0. The van der Waals surface area contributed by atoms with Crippen molar-refractivity contribution in [3.63, 3.8) is 0 Å². The van der Waals surface area contributed by atoms with Crippen molar-refractivity contribution in [1.82, 2.24) is 9.55 Å². The first-order valence-electron chi connectivity index (χ1n) is 10.2. The molecule has 0 amide bonds. The fourth-order valence-corrected chi connectivity index (χ4v) is 5.10. The molecular formula is C25H22BBrN2. The fourth-order valence-electron chi connectivity index (χ4n) is 4.66. The molecule has 0 spiro atoms. The summed E-state index contributed by atoms with van der Waals surface area (Å²) in [4.78, 5) is 5.27. The highest BCUT2D eigenvalue weighted by atomic mass is 79.9. The van der Waals surface area contributed by atoms with E-state index in [1.807, 2.05) is 12.1 Å². The average Bonchev–Trinajstić information content (AvgIpc) is 3.09. The van der Waals surface area contributed by atoms with Crippen LogP contribution in [0.4, 0.5) is 0 Å². The molecule has 2 nitrogen and oxygen atoms in total. The van der Waals surface area contributed by atoms with Crippen molar-refractivity contribution in [2.45, 2.75) is 39.5 Å². The van der Waals surface area contributed by atoms with Crippen LogP contribution in [0, 0.1) is 13.8 Å². The molecule has 1 aromatic heterocycles. The molecule has 29 heavy (non-hydrogen) atoms. The Bertz CT molecular complexity index is 1240. The lowest BCUT2D eigenvalue weighted by atomic mass is 9.91. The van der Waals surface area contributed by atoms with Gasteiger partial charge >= 0.3 is 0 Å². The van der Waals surface area contributed by atoms with Gasteiger partial charge in [-0.1, -0.05) is 41.9 Å². The number of aromatic nitrogens is 2. The van der Waals surface area contributed by atoms with E-state index in [2.05, 4.69) is 70.7 Å². The van der Waals surface area contributed by atoms with Crippen molar-refractivity contribution in [3.8, 4) is 17.1 Å². The number of halogens is 1. The second-order valence-corrected chi connectivity index (χ2v) is 8.79. The van der Waals surface area contributed by atoms with Crippen LogP contribution in [0.3, 0.4) is 0 Å². The molecule has 0 N–H and O–H groups in total. The lowest BCUT2D eigenvalue weighted by Gasteiger charge is -2.17. The van der Waals surface area contributed by atoms with Crippen LogP contribution in [-0.4, -0.2) is 17.4 Å². The molecule has 4 heteroatoms. The summed E-state index contributed by atoms with van der Waals surface area (Å²) in [5.41, 5.74) is 10.6. The normalized spacial score (nSPS) is 13.6. The van der Waals surface area contributed by atoms with E-state index in [4.69, 9.17) is 12.8 Å². The molecule has 1 heterocycles. The lowest BCUT2D eigenvalue weighted by Crippen LogP contribution is -2.09. The zero-order valence-corrected chi connectivity index (χ0v) is 18.4. The molecule has 1 aliphatic rings. The third-order valence-electron chi connectivity index (χ3n) is 6.11. The van der Waals surface area contributed by atoms with E-state index < -0.39 is 0 Å². The number of fused-ring (bicyclic) bond motifs is 3. The summed E-state index contributed by atoms with van der Waals surface area (Å²) in [7, 11) is 6.25. The van der Waals surface area contributed by atoms with Gasteiger partial charge in [0.1, 0.15) is 13.7 Å². The maximum atomic E-state index is 6.25. The van der Waals surface area contributed by atoms with Crippen LogP contribution in [0.15, 0.2) is 53.0 Å². The Morgan fingerprint density at radius 3 is 2.45 bits per heavy atom. The lowest BCUT2D eigenvalue weighted by molar-refractivity contribution is 0.689. The molecule has 3 aromatic carbocycles. The number of hydrogen-bond acceptors (Lipinski definition) is 1. The second kappa shape index (κ2) is 7.18. The maximum absolute atomic E-state index is 6.25. The van der Waals surface area contributed by atoms with Crippen molar-refractivity contribution < 1.29 is 0 Å². The van der Waals surface area contributed by atoms with E-state index in [0.717, 1.165) is 45.3 Å². The number of hydrogen-bond donors (Lipinski definition) is 0. The minimum atomic E-state index is 0.731. The molecule has 1 aliphatic carbocycles. The van der Waals surface area contributed by atoms with Gasteiger partial charge in [0.15, 0.2) is 0 Å².